The third-order valence-electron chi connectivity index (χ3n) is 6.31. The van der Waals surface area contributed by atoms with E-state index >= 15 is 0 Å². The zero-order chi connectivity index (χ0) is 28.8. The fourth-order valence-corrected chi connectivity index (χ4v) is 6.01. The molecule has 1 N–H and O–H groups in total. The van der Waals surface area contributed by atoms with Crippen LogP contribution >= 0.6 is 34.4 Å². The number of carbonyl (C=O) groups is 1. The Labute approximate surface area is 241 Å². The van der Waals surface area contributed by atoms with Crippen molar-refractivity contribution < 1.29 is 41.0 Å². The number of halogens is 7. The molecule has 7 nitrogen and oxygen atoms in total. The molecule has 0 spiro atoms. The molecule has 212 valence electrons. The van der Waals surface area contributed by atoms with Gasteiger partial charge >= 0.3 is 12.4 Å². The minimum atomic E-state index is -4.99. The van der Waals surface area contributed by atoms with E-state index in [0.717, 1.165) is 6.07 Å². The molecule has 1 amide bonds. The number of nitrogens with zero attached hydrogens (tertiary/aromatic N) is 4. The van der Waals surface area contributed by atoms with Crippen LogP contribution in [0.3, 0.4) is 0 Å². The number of rotatable bonds is 4. The quantitative estimate of drug-likeness (QED) is 0.224. The van der Waals surface area contributed by atoms with Crippen molar-refractivity contribution >= 4 is 62.4 Å². The summed E-state index contributed by atoms with van der Waals surface area (Å²) in [7, 11) is 0. The molecule has 0 bridgehead atoms. The molecule has 1 saturated heterocycles. The lowest BCUT2D eigenvalue weighted by Crippen LogP contribution is -2.45. The number of thioether (sulfide) groups is 1. The SMILES string of the molecule is O=C1N=C(N2CCO[C@H](CO)C2)S/C1=C\c1ccc2c(c1)c(I)nn2Cc1ccc(C(F)(F)F)cc1C(F)(F)F. The van der Waals surface area contributed by atoms with Crippen molar-refractivity contribution in [2.75, 3.05) is 26.3 Å². The fraction of sp³-hybridized carbons (Fsp3) is 0.320. The van der Waals surface area contributed by atoms with Crippen LogP contribution in [-0.2, 0) is 28.4 Å². The van der Waals surface area contributed by atoms with Gasteiger partial charge in [-0.25, -0.2) is 0 Å². The van der Waals surface area contributed by atoms with Gasteiger partial charge in [-0.2, -0.15) is 36.4 Å². The second-order valence-corrected chi connectivity index (χ2v) is 11.1. The molecule has 0 aliphatic carbocycles. The van der Waals surface area contributed by atoms with Gasteiger partial charge in [0.15, 0.2) is 5.17 Å². The van der Waals surface area contributed by atoms with E-state index in [4.69, 9.17) is 4.74 Å². The minimum Gasteiger partial charge on any atom is -0.394 e. The number of hydrogen-bond acceptors (Lipinski definition) is 6. The molecule has 3 aromatic rings. The van der Waals surface area contributed by atoms with E-state index in [0.29, 0.717) is 56.0 Å². The van der Waals surface area contributed by atoms with Gasteiger partial charge in [-0.3, -0.25) is 9.48 Å². The summed E-state index contributed by atoms with van der Waals surface area (Å²) in [6.07, 6.45) is -8.61. The minimum absolute atomic E-state index is 0.115. The Hall–Kier alpha value is -2.63. The number of ether oxygens (including phenoxy) is 1. The van der Waals surface area contributed by atoms with E-state index in [1.165, 1.54) is 16.4 Å². The number of aliphatic hydroxyl groups excluding tert-OH is 1. The van der Waals surface area contributed by atoms with Gasteiger partial charge in [-0.15, -0.1) is 0 Å². The van der Waals surface area contributed by atoms with Crippen LogP contribution in [0.2, 0.25) is 0 Å². The maximum Gasteiger partial charge on any atom is 0.416 e. The molecule has 0 saturated carbocycles. The van der Waals surface area contributed by atoms with Gasteiger partial charge in [0, 0.05) is 18.5 Å². The predicted molar refractivity (Wildman–Crippen MR) is 144 cm³/mol. The van der Waals surface area contributed by atoms with Gasteiger partial charge in [-0.05, 0) is 75.8 Å². The van der Waals surface area contributed by atoms with E-state index in [9.17, 15) is 36.2 Å². The number of morpholine rings is 1. The number of alkyl halides is 6. The monoisotopic (exact) mass is 696 g/mol. The summed E-state index contributed by atoms with van der Waals surface area (Å²) in [5.41, 5.74) is -1.99. The highest BCUT2D eigenvalue weighted by Gasteiger charge is 2.38. The summed E-state index contributed by atoms with van der Waals surface area (Å²) >= 11 is 3.13. The van der Waals surface area contributed by atoms with Crippen LogP contribution in [0.1, 0.15) is 22.3 Å². The first-order valence-electron chi connectivity index (χ1n) is 11.8. The molecule has 15 heteroatoms. The molecule has 2 aliphatic rings. The Kier molecular flexibility index (Phi) is 7.93. The normalized spacial score (nSPS) is 19.6. The first-order chi connectivity index (χ1) is 18.8. The van der Waals surface area contributed by atoms with Crippen LogP contribution < -0.4 is 0 Å². The number of aliphatic hydroxyl groups is 1. The van der Waals surface area contributed by atoms with E-state index in [2.05, 4.69) is 10.1 Å². The van der Waals surface area contributed by atoms with Crippen molar-refractivity contribution in [3.05, 3.63) is 67.3 Å². The fourth-order valence-electron chi connectivity index (χ4n) is 4.37. The molecule has 1 aromatic heterocycles. The highest BCUT2D eigenvalue weighted by Crippen LogP contribution is 2.38. The average molecular weight is 696 g/mol. The Bertz CT molecular complexity index is 1540. The lowest BCUT2D eigenvalue weighted by atomic mass is 10.0. The van der Waals surface area contributed by atoms with Crippen LogP contribution in [0.15, 0.2) is 46.3 Å². The number of aliphatic imine (C=N–C) groups is 1. The number of amides is 1. The van der Waals surface area contributed by atoms with E-state index < -0.39 is 35.9 Å². The second kappa shape index (κ2) is 11.0. The highest BCUT2D eigenvalue weighted by atomic mass is 127. The summed E-state index contributed by atoms with van der Waals surface area (Å²) in [6.45, 7) is 0.789. The first kappa shape index (κ1) is 28.9. The number of carbonyl (C=O) groups excluding carboxylic acids is 1. The average Bonchev–Trinajstić information content (AvgIpc) is 3.41. The van der Waals surface area contributed by atoms with Crippen molar-refractivity contribution in [2.45, 2.75) is 25.0 Å². The number of fused-ring (bicyclic) bond motifs is 1. The van der Waals surface area contributed by atoms with E-state index in [1.807, 2.05) is 27.5 Å². The molecular weight excluding hydrogens is 677 g/mol. The van der Waals surface area contributed by atoms with Gasteiger partial charge < -0.3 is 14.7 Å². The summed E-state index contributed by atoms with van der Waals surface area (Å²) in [6, 6.07) is 6.59. The summed E-state index contributed by atoms with van der Waals surface area (Å²) < 4.78 is 87.2. The van der Waals surface area contributed by atoms with Crippen molar-refractivity contribution in [1.29, 1.82) is 0 Å². The number of benzene rings is 2. The molecule has 2 aromatic carbocycles. The van der Waals surface area contributed by atoms with Crippen LogP contribution in [0, 0.1) is 3.70 Å². The Morgan fingerprint density at radius 1 is 1.12 bits per heavy atom. The molecule has 5 rings (SSSR count). The zero-order valence-corrected chi connectivity index (χ0v) is 23.2. The molecule has 3 heterocycles. The molecule has 40 heavy (non-hydrogen) atoms. The van der Waals surface area contributed by atoms with Crippen molar-refractivity contribution in [3.8, 4) is 0 Å². The molecule has 1 atom stereocenters. The summed E-state index contributed by atoms with van der Waals surface area (Å²) in [4.78, 5) is 18.9. The standard InChI is InChI=1S/C25H19F6IN4O3S/c26-24(27,28)15-3-2-14(18(9-15)25(29,30)31)10-36-19-4-1-13(7-17(19)21(32)34-36)8-20-22(38)33-23(40-20)35-5-6-39-16(11-35)12-37/h1-4,7-9,16,37H,5-6,10-12H2/b20-8-/t16-/m0/s1. The van der Waals surface area contributed by atoms with Gasteiger partial charge in [0.25, 0.3) is 5.91 Å². The largest absolute Gasteiger partial charge is 0.416 e. The number of hydrogen-bond donors (Lipinski definition) is 1. The third kappa shape index (κ3) is 6.01. The first-order valence-corrected chi connectivity index (χ1v) is 13.7. The van der Waals surface area contributed by atoms with Gasteiger partial charge in [-0.1, -0.05) is 12.1 Å². The smallest absolute Gasteiger partial charge is 0.394 e. The molecular formula is C25H19F6IN4O3S. The second-order valence-electron chi connectivity index (χ2n) is 9.02. The Morgan fingerprint density at radius 2 is 1.90 bits per heavy atom. The Morgan fingerprint density at radius 3 is 2.60 bits per heavy atom. The lowest BCUT2D eigenvalue weighted by molar-refractivity contribution is -0.143. The third-order valence-corrected chi connectivity index (χ3v) is 8.15. The molecule has 2 aliphatic heterocycles. The van der Waals surface area contributed by atoms with Crippen molar-refractivity contribution in [1.82, 2.24) is 14.7 Å². The van der Waals surface area contributed by atoms with E-state index in [-0.39, 0.29) is 24.3 Å². The van der Waals surface area contributed by atoms with Gasteiger partial charge in [0.05, 0.1) is 47.4 Å². The summed E-state index contributed by atoms with van der Waals surface area (Å²) in [5, 5.41) is 14.8. The zero-order valence-electron chi connectivity index (χ0n) is 20.3. The van der Waals surface area contributed by atoms with Crippen LogP contribution in [0.5, 0.6) is 0 Å². The summed E-state index contributed by atoms with van der Waals surface area (Å²) in [5.74, 6) is -0.417. The topological polar surface area (TPSA) is 80.0 Å². The van der Waals surface area contributed by atoms with Crippen LogP contribution in [0.25, 0.3) is 17.0 Å². The van der Waals surface area contributed by atoms with E-state index in [1.54, 1.807) is 24.3 Å². The predicted octanol–water partition coefficient (Wildman–Crippen LogP) is 5.39. The number of amidine groups is 1. The lowest BCUT2D eigenvalue weighted by Gasteiger charge is -2.32. The van der Waals surface area contributed by atoms with Crippen molar-refractivity contribution in [3.63, 3.8) is 0 Å². The Balaban J connectivity index is 1.40. The maximum absolute atomic E-state index is 13.6. The van der Waals surface area contributed by atoms with Gasteiger partial charge in [0.2, 0.25) is 0 Å². The van der Waals surface area contributed by atoms with Crippen molar-refractivity contribution in [2.24, 2.45) is 4.99 Å². The highest BCUT2D eigenvalue weighted by molar-refractivity contribution is 14.1. The van der Waals surface area contributed by atoms with Crippen LogP contribution in [-0.4, -0.2) is 63.3 Å². The van der Waals surface area contributed by atoms with Crippen LogP contribution in [0.4, 0.5) is 26.3 Å². The molecule has 1 fully saturated rings. The molecule has 0 radical (unpaired) electrons. The maximum atomic E-state index is 13.6. The van der Waals surface area contributed by atoms with Gasteiger partial charge in [0.1, 0.15) is 3.70 Å². The molecule has 0 unspecified atom stereocenters. The number of aromatic nitrogens is 2.